The highest BCUT2D eigenvalue weighted by Gasteiger charge is 2.21. The Balaban J connectivity index is 0.00000243. The molecule has 0 bridgehead atoms. The number of nitrogens with one attached hydrogen (secondary N) is 2. The Hall–Kier alpha value is -1.68. The SMILES string of the molecule is CN=C(NCc1cccc(-c2ncn[nH]2)c1)N(C)CCOCC1CC1.I. The van der Waals surface area contributed by atoms with E-state index in [4.69, 9.17) is 4.74 Å². The lowest BCUT2D eigenvalue weighted by Crippen LogP contribution is -2.40. The number of benzene rings is 1. The molecular weight excluding hydrogens is 443 g/mol. The summed E-state index contributed by atoms with van der Waals surface area (Å²) < 4.78 is 5.70. The zero-order chi connectivity index (χ0) is 17.5. The van der Waals surface area contributed by atoms with Crippen LogP contribution in [0.5, 0.6) is 0 Å². The molecule has 0 atom stereocenters. The molecule has 142 valence electrons. The third kappa shape index (κ3) is 6.24. The molecule has 0 amide bonds. The van der Waals surface area contributed by atoms with Gasteiger partial charge in [0, 0.05) is 39.4 Å². The topological polar surface area (TPSA) is 78.4 Å². The van der Waals surface area contributed by atoms with E-state index in [0.717, 1.165) is 48.6 Å². The van der Waals surface area contributed by atoms with Crippen molar-refractivity contribution in [1.82, 2.24) is 25.4 Å². The van der Waals surface area contributed by atoms with E-state index in [9.17, 15) is 0 Å². The third-order valence-electron chi connectivity index (χ3n) is 4.26. The Kier molecular flexibility index (Phi) is 8.30. The van der Waals surface area contributed by atoms with Crippen LogP contribution >= 0.6 is 24.0 Å². The van der Waals surface area contributed by atoms with Gasteiger partial charge < -0.3 is 15.0 Å². The molecular formula is C18H27IN6O. The number of H-pyrrole nitrogens is 1. The van der Waals surface area contributed by atoms with E-state index in [1.54, 1.807) is 7.05 Å². The van der Waals surface area contributed by atoms with Gasteiger partial charge >= 0.3 is 0 Å². The number of rotatable bonds is 8. The van der Waals surface area contributed by atoms with Gasteiger partial charge in [-0.1, -0.05) is 18.2 Å². The molecule has 0 aliphatic heterocycles. The van der Waals surface area contributed by atoms with Crippen LogP contribution in [0, 0.1) is 5.92 Å². The standard InChI is InChI=1S/C18H26N6O.HI/c1-19-18(24(2)8-9-25-12-14-6-7-14)20-11-15-4-3-5-16(10-15)17-21-13-22-23-17;/h3-5,10,13-14H,6-9,11-12H2,1-2H3,(H,19,20)(H,21,22,23);1H. The van der Waals surface area contributed by atoms with Crippen LogP contribution in [0.1, 0.15) is 18.4 Å². The van der Waals surface area contributed by atoms with Crippen LogP contribution in [0.4, 0.5) is 0 Å². The summed E-state index contributed by atoms with van der Waals surface area (Å²) in [6.07, 6.45) is 4.17. The lowest BCUT2D eigenvalue weighted by Gasteiger charge is -2.22. The maximum atomic E-state index is 5.70. The first-order chi connectivity index (χ1) is 12.3. The first-order valence-corrected chi connectivity index (χ1v) is 8.70. The molecule has 0 spiro atoms. The van der Waals surface area contributed by atoms with Crippen LogP contribution < -0.4 is 5.32 Å². The van der Waals surface area contributed by atoms with Gasteiger partial charge in [-0.05, 0) is 30.4 Å². The summed E-state index contributed by atoms with van der Waals surface area (Å²) in [6, 6.07) is 8.22. The van der Waals surface area contributed by atoms with E-state index in [1.807, 2.05) is 19.2 Å². The largest absolute Gasteiger partial charge is 0.379 e. The van der Waals surface area contributed by atoms with Gasteiger partial charge in [0.1, 0.15) is 6.33 Å². The quantitative estimate of drug-likeness (QED) is 0.268. The van der Waals surface area contributed by atoms with Crippen molar-refractivity contribution in [2.75, 3.05) is 33.9 Å². The summed E-state index contributed by atoms with van der Waals surface area (Å²) in [5.74, 6) is 2.44. The molecule has 8 heteroatoms. The molecule has 26 heavy (non-hydrogen) atoms. The van der Waals surface area contributed by atoms with Crippen LogP contribution in [0.2, 0.25) is 0 Å². The number of aromatic nitrogens is 3. The van der Waals surface area contributed by atoms with Crippen molar-refractivity contribution in [3.63, 3.8) is 0 Å². The summed E-state index contributed by atoms with van der Waals surface area (Å²) in [6.45, 7) is 3.15. The Morgan fingerprint density at radius 3 is 2.96 bits per heavy atom. The van der Waals surface area contributed by atoms with Gasteiger partial charge in [0.2, 0.25) is 0 Å². The maximum absolute atomic E-state index is 5.70. The number of hydrogen-bond acceptors (Lipinski definition) is 4. The number of aliphatic imine (C=N–C) groups is 1. The second-order valence-corrected chi connectivity index (χ2v) is 6.38. The van der Waals surface area contributed by atoms with E-state index >= 15 is 0 Å². The molecule has 2 N–H and O–H groups in total. The summed E-state index contributed by atoms with van der Waals surface area (Å²) in [4.78, 5) is 10.6. The lowest BCUT2D eigenvalue weighted by molar-refractivity contribution is 0.115. The molecule has 2 aromatic rings. The van der Waals surface area contributed by atoms with Crippen LogP contribution in [0.25, 0.3) is 11.4 Å². The Bertz CT molecular complexity index is 687. The Morgan fingerprint density at radius 2 is 2.27 bits per heavy atom. The van der Waals surface area contributed by atoms with Crippen molar-refractivity contribution >= 4 is 29.9 Å². The average Bonchev–Trinajstić information content (AvgIpc) is 3.29. The first kappa shape index (κ1) is 20.6. The normalized spacial score (nSPS) is 14.0. The number of likely N-dealkylation sites (N-methyl/N-ethyl adjacent to an activating group) is 1. The molecule has 0 saturated heterocycles. The summed E-state index contributed by atoms with van der Waals surface area (Å²) in [5, 5.41) is 10.2. The number of aromatic amines is 1. The molecule has 3 rings (SSSR count). The van der Waals surface area contributed by atoms with Gasteiger partial charge in [-0.25, -0.2) is 4.98 Å². The lowest BCUT2D eigenvalue weighted by atomic mass is 10.1. The summed E-state index contributed by atoms with van der Waals surface area (Å²) in [5.41, 5.74) is 2.18. The summed E-state index contributed by atoms with van der Waals surface area (Å²) >= 11 is 0. The predicted molar refractivity (Wildman–Crippen MR) is 114 cm³/mol. The number of ether oxygens (including phenoxy) is 1. The highest BCUT2D eigenvalue weighted by molar-refractivity contribution is 14.0. The molecule has 0 radical (unpaired) electrons. The molecule has 1 heterocycles. The van der Waals surface area contributed by atoms with Crippen LogP contribution in [0.3, 0.4) is 0 Å². The molecule has 7 nitrogen and oxygen atoms in total. The van der Waals surface area contributed by atoms with Gasteiger partial charge in [0.25, 0.3) is 0 Å². The molecule has 1 fully saturated rings. The van der Waals surface area contributed by atoms with Crippen molar-refractivity contribution in [2.45, 2.75) is 19.4 Å². The highest BCUT2D eigenvalue weighted by Crippen LogP contribution is 2.28. The van der Waals surface area contributed by atoms with Gasteiger partial charge in [-0.2, -0.15) is 5.10 Å². The molecule has 1 aromatic heterocycles. The minimum Gasteiger partial charge on any atom is -0.379 e. The van der Waals surface area contributed by atoms with Crippen molar-refractivity contribution in [3.8, 4) is 11.4 Å². The molecule has 1 aliphatic rings. The Morgan fingerprint density at radius 1 is 1.42 bits per heavy atom. The fourth-order valence-electron chi connectivity index (χ4n) is 2.58. The second-order valence-electron chi connectivity index (χ2n) is 6.38. The van der Waals surface area contributed by atoms with E-state index in [-0.39, 0.29) is 24.0 Å². The minimum atomic E-state index is 0. The monoisotopic (exact) mass is 470 g/mol. The van der Waals surface area contributed by atoms with Crippen molar-refractivity contribution < 1.29 is 4.74 Å². The van der Waals surface area contributed by atoms with E-state index in [2.05, 4.69) is 42.5 Å². The number of hydrogen-bond donors (Lipinski definition) is 2. The molecule has 0 unspecified atom stereocenters. The Labute approximate surface area is 171 Å². The number of guanidine groups is 1. The highest BCUT2D eigenvalue weighted by atomic mass is 127. The number of halogens is 1. The molecule has 1 saturated carbocycles. The fraction of sp³-hybridized carbons (Fsp3) is 0.500. The van der Waals surface area contributed by atoms with Crippen LogP contribution in [-0.2, 0) is 11.3 Å². The van der Waals surface area contributed by atoms with Crippen molar-refractivity contribution in [3.05, 3.63) is 36.2 Å². The second kappa shape index (κ2) is 10.5. The zero-order valence-electron chi connectivity index (χ0n) is 15.3. The van der Waals surface area contributed by atoms with E-state index in [1.165, 1.54) is 19.2 Å². The minimum absolute atomic E-state index is 0. The van der Waals surface area contributed by atoms with Crippen molar-refractivity contribution in [2.24, 2.45) is 10.9 Å². The maximum Gasteiger partial charge on any atom is 0.193 e. The zero-order valence-corrected chi connectivity index (χ0v) is 17.6. The first-order valence-electron chi connectivity index (χ1n) is 8.70. The van der Waals surface area contributed by atoms with Gasteiger partial charge in [0.15, 0.2) is 11.8 Å². The van der Waals surface area contributed by atoms with Crippen molar-refractivity contribution in [1.29, 1.82) is 0 Å². The van der Waals surface area contributed by atoms with Gasteiger partial charge in [-0.3, -0.25) is 10.1 Å². The average molecular weight is 470 g/mol. The van der Waals surface area contributed by atoms with E-state index in [0.29, 0.717) is 6.54 Å². The predicted octanol–water partition coefficient (Wildman–Crippen LogP) is 2.52. The smallest absolute Gasteiger partial charge is 0.193 e. The van der Waals surface area contributed by atoms with Crippen LogP contribution in [-0.4, -0.2) is 59.9 Å². The number of nitrogens with zero attached hydrogens (tertiary/aromatic N) is 4. The van der Waals surface area contributed by atoms with Gasteiger partial charge in [-0.15, -0.1) is 24.0 Å². The van der Waals surface area contributed by atoms with E-state index < -0.39 is 0 Å². The molecule has 1 aliphatic carbocycles. The van der Waals surface area contributed by atoms with Crippen LogP contribution in [0.15, 0.2) is 35.6 Å². The summed E-state index contributed by atoms with van der Waals surface area (Å²) in [7, 11) is 3.83. The van der Waals surface area contributed by atoms with Gasteiger partial charge in [0.05, 0.1) is 6.61 Å². The molecule has 1 aromatic carbocycles. The fourth-order valence-corrected chi connectivity index (χ4v) is 2.58. The third-order valence-corrected chi connectivity index (χ3v) is 4.26.